The van der Waals surface area contributed by atoms with Gasteiger partial charge in [0.05, 0.1) is 16.7 Å². The Morgan fingerprint density at radius 3 is 1.78 bits per heavy atom. The van der Waals surface area contributed by atoms with E-state index in [1.165, 1.54) is 58.3 Å². The molecule has 12 aromatic rings. The average Bonchev–Trinajstić information content (AvgIpc) is 3.83. The van der Waals surface area contributed by atoms with E-state index in [1.807, 2.05) is 6.07 Å². The van der Waals surface area contributed by atoms with E-state index in [4.69, 9.17) is 15.0 Å². The minimum absolute atomic E-state index is 0.639. The monoisotopic (exact) mass is 756 g/mol. The summed E-state index contributed by atoms with van der Waals surface area (Å²) in [5.74, 6) is 1.94. The van der Waals surface area contributed by atoms with Gasteiger partial charge in [0.2, 0.25) is 0 Å². The molecule has 270 valence electrons. The minimum Gasteiger partial charge on any atom is -0.309 e. The van der Waals surface area contributed by atoms with Crippen LogP contribution in [0.5, 0.6) is 0 Å². The molecule has 3 aromatic heterocycles. The van der Waals surface area contributed by atoms with E-state index < -0.39 is 0 Å². The number of fused-ring (bicyclic) bond motifs is 8. The van der Waals surface area contributed by atoms with Gasteiger partial charge in [-0.1, -0.05) is 158 Å². The first-order valence-electron chi connectivity index (χ1n) is 19.5. The van der Waals surface area contributed by atoms with Gasteiger partial charge in [-0.25, -0.2) is 15.0 Å². The molecule has 0 saturated heterocycles. The summed E-state index contributed by atoms with van der Waals surface area (Å²) in [5, 5.41) is 9.58. The highest BCUT2D eigenvalue weighted by Crippen LogP contribution is 2.41. The van der Waals surface area contributed by atoms with Crippen molar-refractivity contribution in [3.8, 4) is 51.0 Å². The zero-order valence-electron chi connectivity index (χ0n) is 31.2. The molecular formula is C53H32N4S. The molecule has 0 atom stereocenters. The molecule has 0 radical (unpaired) electrons. The van der Waals surface area contributed by atoms with Gasteiger partial charge in [0.25, 0.3) is 0 Å². The highest BCUT2D eigenvalue weighted by molar-refractivity contribution is 7.26. The third-order valence-electron chi connectivity index (χ3n) is 11.5. The Morgan fingerprint density at radius 2 is 0.931 bits per heavy atom. The lowest BCUT2D eigenvalue weighted by Crippen LogP contribution is -2.01. The van der Waals surface area contributed by atoms with Crippen molar-refractivity contribution < 1.29 is 0 Å². The molecule has 5 heteroatoms. The molecule has 9 aromatic carbocycles. The zero-order chi connectivity index (χ0) is 38.2. The van der Waals surface area contributed by atoms with Crippen molar-refractivity contribution in [1.82, 2.24) is 19.5 Å². The van der Waals surface area contributed by atoms with Crippen molar-refractivity contribution >= 4 is 74.9 Å². The van der Waals surface area contributed by atoms with E-state index in [0.717, 1.165) is 38.7 Å². The Labute approximate surface area is 338 Å². The van der Waals surface area contributed by atoms with Crippen molar-refractivity contribution in [2.45, 2.75) is 0 Å². The first-order valence-corrected chi connectivity index (χ1v) is 20.3. The van der Waals surface area contributed by atoms with Crippen LogP contribution in [-0.2, 0) is 0 Å². The summed E-state index contributed by atoms with van der Waals surface area (Å²) >= 11 is 1.79. The van der Waals surface area contributed by atoms with Crippen LogP contribution in [0.4, 0.5) is 0 Å². The number of benzene rings is 9. The molecule has 4 nitrogen and oxygen atoms in total. The topological polar surface area (TPSA) is 43.6 Å². The fourth-order valence-electron chi connectivity index (χ4n) is 8.71. The first-order chi connectivity index (χ1) is 28.7. The first kappa shape index (κ1) is 32.7. The van der Waals surface area contributed by atoms with E-state index in [2.05, 4.69) is 193 Å². The third-order valence-corrected chi connectivity index (χ3v) is 12.7. The van der Waals surface area contributed by atoms with Crippen molar-refractivity contribution in [2.24, 2.45) is 0 Å². The van der Waals surface area contributed by atoms with E-state index in [1.54, 1.807) is 11.3 Å². The number of nitrogens with zero attached hydrogens (tertiary/aromatic N) is 4. The summed E-state index contributed by atoms with van der Waals surface area (Å²) in [6.45, 7) is 0. The summed E-state index contributed by atoms with van der Waals surface area (Å²) in [4.78, 5) is 15.8. The molecule has 0 aliphatic carbocycles. The van der Waals surface area contributed by atoms with Crippen molar-refractivity contribution in [2.75, 3.05) is 0 Å². The maximum Gasteiger partial charge on any atom is 0.165 e. The molecule has 3 heterocycles. The molecule has 0 saturated carbocycles. The Balaban J connectivity index is 1.09. The van der Waals surface area contributed by atoms with Crippen molar-refractivity contribution in [1.29, 1.82) is 0 Å². The predicted octanol–water partition coefficient (Wildman–Crippen LogP) is 14.3. The van der Waals surface area contributed by atoms with Crippen LogP contribution < -0.4 is 0 Å². The van der Waals surface area contributed by atoms with Gasteiger partial charge in [-0.2, -0.15) is 0 Å². The van der Waals surface area contributed by atoms with Gasteiger partial charge < -0.3 is 4.57 Å². The molecule has 0 amide bonds. The number of hydrogen-bond acceptors (Lipinski definition) is 4. The molecule has 0 unspecified atom stereocenters. The van der Waals surface area contributed by atoms with Crippen molar-refractivity contribution in [3.05, 3.63) is 194 Å². The predicted molar refractivity (Wildman–Crippen MR) is 244 cm³/mol. The van der Waals surface area contributed by atoms with E-state index in [0.29, 0.717) is 17.5 Å². The molecule has 0 aliphatic rings. The fourth-order valence-corrected chi connectivity index (χ4v) is 9.92. The van der Waals surface area contributed by atoms with Gasteiger partial charge in [-0.05, 0) is 63.7 Å². The maximum atomic E-state index is 5.34. The van der Waals surface area contributed by atoms with E-state index in [-0.39, 0.29) is 0 Å². The van der Waals surface area contributed by atoms with Crippen LogP contribution in [0.15, 0.2) is 194 Å². The number of aromatic nitrogens is 4. The second kappa shape index (κ2) is 13.1. The van der Waals surface area contributed by atoms with Crippen LogP contribution in [-0.4, -0.2) is 19.5 Å². The average molecular weight is 757 g/mol. The van der Waals surface area contributed by atoms with Gasteiger partial charge >= 0.3 is 0 Å². The van der Waals surface area contributed by atoms with Gasteiger partial charge in [0.1, 0.15) is 0 Å². The molecule has 58 heavy (non-hydrogen) atoms. The summed E-state index contributed by atoms with van der Waals surface area (Å²) in [7, 11) is 0. The van der Waals surface area contributed by atoms with Gasteiger partial charge in [0, 0.05) is 53.0 Å². The second-order valence-electron chi connectivity index (χ2n) is 14.8. The summed E-state index contributed by atoms with van der Waals surface area (Å²) in [6, 6.07) is 69.2. The number of hydrogen-bond donors (Lipinski definition) is 0. The molecule has 12 rings (SSSR count). The van der Waals surface area contributed by atoms with Crippen molar-refractivity contribution in [3.63, 3.8) is 0 Å². The third kappa shape index (κ3) is 5.18. The second-order valence-corrected chi connectivity index (χ2v) is 15.8. The van der Waals surface area contributed by atoms with Crippen LogP contribution >= 0.6 is 11.3 Å². The summed E-state index contributed by atoms with van der Waals surface area (Å²) in [5.41, 5.74) is 8.68. The van der Waals surface area contributed by atoms with Crippen LogP contribution in [0.2, 0.25) is 0 Å². The molecular weight excluding hydrogens is 725 g/mol. The number of para-hydroxylation sites is 1. The van der Waals surface area contributed by atoms with E-state index >= 15 is 0 Å². The summed E-state index contributed by atoms with van der Waals surface area (Å²) in [6.07, 6.45) is 0. The Kier molecular flexibility index (Phi) is 7.37. The fraction of sp³-hybridized carbons (Fsp3) is 0. The lowest BCUT2D eigenvalue weighted by atomic mass is 10.0. The zero-order valence-corrected chi connectivity index (χ0v) is 32.0. The lowest BCUT2D eigenvalue weighted by Gasteiger charge is -2.15. The standard InChI is InChI=1S/C53H32N4S/c1-2-13-33(14-3-1)34-27-29-35(30-28-34)51-54-52(56-53(55-51)44-23-11-21-42-41-18-7-9-26-49(41)58-50(42)44)43-22-10-20-39-38(43)19-12-25-47(39)57-46-24-8-6-17-40(46)45-31-36-15-4-5-16-37(36)32-48(45)57/h1-32H. The van der Waals surface area contributed by atoms with Crippen LogP contribution in [0.25, 0.3) is 115 Å². The Morgan fingerprint density at radius 1 is 0.345 bits per heavy atom. The van der Waals surface area contributed by atoms with Crippen LogP contribution in [0.3, 0.4) is 0 Å². The molecule has 0 aliphatic heterocycles. The smallest absolute Gasteiger partial charge is 0.165 e. The largest absolute Gasteiger partial charge is 0.309 e. The van der Waals surface area contributed by atoms with Crippen LogP contribution in [0, 0.1) is 0 Å². The molecule has 0 fully saturated rings. The SMILES string of the molecule is c1ccc(-c2ccc(-c3nc(-c4cccc5c(-n6c7ccccc7c7cc8ccccc8cc76)cccc45)nc(-c4cccc5c4sc4ccccc45)n3)cc2)cc1. The van der Waals surface area contributed by atoms with Gasteiger partial charge in [0.15, 0.2) is 17.5 Å². The van der Waals surface area contributed by atoms with Crippen LogP contribution in [0.1, 0.15) is 0 Å². The van der Waals surface area contributed by atoms with Gasteiger partial charge in [-0.3, -0.25) is 0 Å². The molecule has 0 N–H and O–H groups in total. The minimum atomic E-state index is 0.639. The lowest BCUT2D eigenvalue weighted by molar-refractivity contribution is 1.08. The molecule has 0 spiro atoms. The summed E-state index contributed by atoms with van der Waals surface area (Å²) < 4.78 is 4.84. The quantitative estimate of drug-likeness (QED) is 0.176. The number of thiophene rings is 1. The number of rotatable bonds is 5. The normalized spacial score (nSPS) is 11.8. The highest BCUT2D eigenvalue weighted by atomic mass is 32.1. The Bertz CT molecular complexity index is 3560. The highest BCUT2D eigenvalue weighted by Gasteiger charge is 2.20. The maximum absolute atomic E-state index is 5.34. The molecule has 0 bridgehead atoms. The Hall–Kier alpha value is -7.47. The van der Waals surface area contributed by atoms with E-state index in [9.17, 15) is 0 Å². The van der Waals surface area contributed by atoms with Gasteiger partial charge in [-0.15, -0.1) is 11.3 Å².